The number of methoxy groups -OCH3 is 1. The zero-order valence-corrected chi connectivity index (χ0v) is 18.1. The quantitative estimate of drug-likeness (QED) is 0.576. The smallest absolute Gasteiger partial charge is 0.255 e. The van der Waals surface area contributed by atoms with Crippen molar-refractivity contribution in [3.63, 3.8) is 0 Å². The van der Waals surface area contributed by atoms with Crippen LogP contribution < -0.4 is 14.8 Å². The fraction of sp³-hybridized carbons (Fsp3) is 0.261. The zero-order valence-electron chi connectivity index (χ0n) is 17.3. The fourth-order valence-corrected chi connectivity index (χ4v) is 4.81. The van der Waals surface area contributed by atoms with Crippen LogP contribution in [0.2, 0.25) is 0 Å². The number of carbonyl (C=O) groups is 1. The third-order valence-corrected chi connectivity index (χ3v) is 6.15. The van der Waals surface area contributed by atoms with E-state index >= 15 is 0 Å². The highest BCUT2D eigenvalue weighted by atomic mass is 32.2. The van der Waals surface area contributed by atoms with E-state index in [1.54, 1.807) is 32.0 Å². The van der Waals surface area contributed by atoms with Crippen molar-refractivity contribution >= 4 is 26.7 Å². The summed E-state index contributed by atoms with van der Waals surface area (Å²) < 4.78 is 32.6. The average Bonchev–Trinajstić information content (AvgIpc) is 2.70. The molecule has 0 saturated heterocycles. The van der Waals surface area contributed by atoms with Gasteiger partial charge in [-0.15, -0.1) is 0 Å². The molecular formula is C23H26N2O4S. The number of amides is 1. The summed E-state index contributed by atoms with van der Waals surface area (Å²) in [7, 11) is -1.93. The van der Waals surface area contributed by atoms with Gasteiger partial charge in [0.15, 0.2) is 0 Å². The molecule has 2 N–H and O–H groups in total. The molecule has 0 bridgehead atoms. The highest BCUT2D eigenvalue weighted by Gasteiger charge is 2.17. The van der Waals surface area contributed by atoms with Gasteiger partial charge in [0.1, 0.15) is 5.75 Å². The maximum absolute atomic E-state index is 12.9. The summed E-state index contributed by atoms with van der Waals surface area (Å²) >= 11 is 0. The molecule has 0 aliphatic heterocycles. The molecule has 158 valence electrons. The van der Waals surface area contributed by atoms with Gasteiger partial charge in [0, 0.05) is 12.6 Å². The van der Waals surface area contributed by atoms with Gasteiger partial charge in [0.2, 0.25) is 10.0 Å². The number of carbonyl (C=O) groups excluding carboxylic acids is 1. The van der Waals surface area contributed by atoms with E-state index in [0.29, 0.717) is 16.9 Å². The summed E-state index contributed by atoms with van der Waals surface area (Å²) in [5.74, 6) is 0.0648. The fourth-order valence-electron chi connectivity index (χ4n) is 3.31. The zero-order chi connectivity index (χ0) is 21.7. The van der Waals surface area contributed by atoms with Crippen LogP contribution in [-0.4, -0.2) is 27.5 Å². The molecule has 0 radical (unpaired) electrons. The van der Waals surface area contributed by atoms with Crippen LogP contribution in [0.3, 0.4) is 0 Å². The molecule has 7 heteroatoms. The number of sulfonamides is 1. The van der Waals surface area contributed by atoms with Crippen molar-refractivity contribution in [1.29, 1.82) is 0 Å². The van der Waals surface area contributed by atoms with Crippen LogP contribution in [0.25, 0.3) is 10.8 Å². The van der Waals surface area contributed by atoms with Crippen molar-refractivity contribution in [2.75, 3.05) is 7.11 Å². The Balaban J connectivity index is 1.79. The Hall–Kier alpha value is -2.90. The second-order valence-electron chi connectivity index (χ2n) is 7.38. The van der Waals surface area contributed by atoms with Crippen molar-refractivity contribution < 1.29 is 17.9 Å². The minimum absolute atomic E-state index is 0.142. The van der Waals surface area contributed by atoms with E-state index in [4.69, 9.17) is 4.74 Å². The first kappa shape index (κ1) is 21.8. The summed E-state index contributed by atoms with van der Waals surface area (Å²) in [4.78, 5) is 12.9. The minimum Gasteiger partial charge on any atom is -0.496 e. The third-order valence-electron chi connectivity index (χ3n) is 4.63. The normalized spacial score (nSPS) is 11.6. The summed E-state index contributed by atoms with van der Waals surface area (Å²) in [5, 5.41) is 4.81. The summed E-state index contributed by atoms with van der Waals surface area (Å²) in [5.41, 5.74) is 1.83. The Bertz CT molecular complexity index is 1160. The average molecular weight is 427 g/mol. The van der Waals surface area contributed by atoms with Crippen LogP contribution >= 0.6 is 0 Å². The maximum atomic E-state index is 12.9. The molecule has 0 aliphatic rings. The monoisotopic (exact) mass is 426 g/mol. The van der Waals surface area contributed by atoms with Crippen molar-refractivity contribution in [2.45, 2.75) is 32.2 Å². The largest absolute Gasteiger partial charge is 0.496 e. The number of nitrogens with one attached hydrogen (secondary N) is 2. The summed E-state index contributed by atoms with van der Waals surface area (Å²) in [6.07, 6.45) is 0. The number of hydrogen-bond acceptors (Lipinski definition) is 4. The van der Waals surface area contributed by atoms with Gasteiger partial charge in [0.25, 0.3) is 5.91 Å². The number of rotatable bonds is 8. The second kappa shape index (κ2) is 9.28. The molecule has 6 nitrogen and oxygen atoms in total. The van der Waals surface area contributed by atoms with E-state index in [0.717, 1.165) is 16.3 Å². The number of fused-ring (bicyclic) bond motifs is 1. The van der Waals surface area contributed by atoms with Crippen molar-refractivity contribution in [3.05, 3.63) is 77.4 Å². The molecule has 0 aromatic heterocycles. The maximum Gasteiger partial charge on any atom is 0.255 e. The Morgan fingerprint density at radius 3 is 2.20 bits per heavy atom. The predicted molar refractivity (Wildman–Crippen MR) is 119 cm³/mol. The lowest BCUT2D eigenvalue weighted by Gasteiger charge is -2.14. The number of benzene rings is 3. The first-order valence-electron chi connectivity index (χ1n) is 9.71. The summed E-state index contributed by atoms with van der Waals surface area (Å²) in [6, 6.07) is 18.4. The minimum atomic E-state index is -3.46. The molecule has 0 aliphatic carbocycles. The van der Waals surface area contributed by atoms with Crippen LogP contribution in [0.5, 0.6) is 5.75 Å². The van der Waals surface area contributed by atoms with Gasteiger partial charge < -0.3 is 10.1 Å². The molecule has 0 atom stereocenters. The topological polar surface area (TPSA) is 84.5 Å². The van der Waals surface area contributed by atoms with Crippen LogP contribution in [0, 0.1) is 0 Å². The third kappa shape index (κ3) is 5.37. The molecule has 0 fully saturated rings. The van der Waals surface area contributed by atoms with Crippen molar-refractivity contribution in [1.82, 2.24) is 10.0 Å². The number of hydrogen-bond donors (Lipinski definition) is 2. The van der Waals surface area contributed by atoms with E-state index in [2.05, 4.69) is 10.0 Å². The van der Waals surface area contributed by atoms with E-state index in [9.17, 15) is 13.2 Å². The Kier molecular flexibility index (Phi) is 6.74. The van der Waals surface area contributed by atoms with E-state index < -0.39 is 10.0 Å². The Morgan fingerprint density at radius 1 is 0.967 bits per heavy atom. The van der Waals surface area contributed by atoms with Crippen LogP contribution in [-0.2, 0) is 22.3 Å². The van der Waals surface area contributed by atoms with E-state index in [1.165, 1.54) is 7.11 Å². The van der Waals surface area contributed by atoms with Crippen LogP contribution in [0.4, 0.5) is 0 Å². The first-order chi connectivity index (χ1) is 14.3. The van der Waals surface area contributed by atoms with Crippen molar-refractivity contribution in [2.24, 2.45) is 0 Å². The molecular weight excluding hydrogens is 400 g/mol. The van der Waals surface area contributed by atoms with Gasteiger partial charge in [-0.1, -0.05) is 48.5 Å². The lowest BCUT2D eigenvalue weighted by Crippen LogP contribution is -2.32. The molecule has 3 rings (SSSR count). The van der Waals surface area contributed by atoms with Gasteiger partial charge in [-0.05, 0) is 47.9 Å². The van der Waals surface area contributed by atoms with Gasteiger partial charge in [-0.2, -0.15) is 0 Å². The van der Waals surface area contributed by atoms with Gasteiger partial charge in [-0.3, -0.25) is 4.79 Å². The molecule has 0 heterocycles. The molecule has 0 saturated carbocycles. The standard InChI is InChI=1S/C23H26N2O4S/c1-16(2)25-30(27,28)15-20-11-7-6-10-19(20)14-24-23(26)21-12-17-8-4-5-9-18(17)13-22(21)29-3/h4-13,16,25H,14-15H2,1-3H3,(H,24,26). The summed E-state index contributed by atoms with van der Waals surface area (Å²) in [6.45, 7) is 3.77. The molecule has 3 aromatic carbocycles. The molecule has 1 amide bonds. The number of ether oxygens (including phenoxy) is 1. The highest BCUT2D eigenvalue weighted by molar-refractivity contribution is 7.88. The first-order valence-corrected chi connectivity index (χ1v) is 11.4. The van der Waals surface area contributed by atoms with Gasteiger partial charge >= 0.3 is 0 Å². The molecule has 3 aromatic rings. The SMILES string of the molecule is COc1cc2ccccc2cc1C(=O)NCc1ccccc1CS(=O)(=O)NC(C)C. The Morgan fingerprint density at radius 2 is 1.57 bits per heavy atom. The van der Waals surface area contributed by atoms with E-state index in [-0.39, 0.29) is 24.2 Å². The molecule has 0 spiro atoms. The lowest BCUT2D eigenvalue weighted by atomic mass is 10.0. The van der Waals surface area contributed by atoms with Crippen LogP contribution in [0.1, 0.15) is 35.3 Å². The van der Waals surface area contributed by atoms with E-state index in [1.807, 2.05) is 42.5 Å². The second-order valence-corrected chi connectivity index (χ2v) is 9.14. The Labute approximate surface area is 177 Å². The highest BCUT2D eigenvalue weighted by Crippen LogP contribution is 2.26. The molecule has 30 heavy (non-hydrogen) atoms. The molecule has 0 unspecified atom stereocenters. The van der Waals surface area contributed by atoms with Crippen molar-refractivity contribution in [3.8, 4) is 5.75 Å². The van der Waals surface area contributed by atoms with Crippen LogP contribution in [0.15, 0.2) is 60.7 Å². The predicted octanol–water partition coefficient (Wildman–Crippen LogP) is 3.61. The van der Waals surface area contributed by atoms with Gasteiger partial charge in [-0.25, -0.2) is 13.1 Å². The lowest BCUT2D eigenvalue weighted by molar-refractivity contribution is 0.0948. The van der Waals surface area contributed by atoms with Gasteiger partial charge in [0.05, 0.1) is 18.4 Å².